The van der Waals surface area contributed by atoms with Crippen LogP contribution in [0, 0.1) is 5.82 Å². The Morgan fingerprint density at radius 3 is 2.81 bits per heavy atom. The molecule has 1 unspecified atom stereocenters. The van der Waals surface area contributed by atoms with Gasteiger partial charge in [-0.1, -0.05) is 18.2 Å². The smallest absolute Gasteiger partial charge is 0.178 e. The Hall–Kier alpha value is -2.76. The highest BCUT2D eigenvalue weighted by Crippen LogP contribution is 2.24. The molecule has 106 valence electrons. The normalized spacial score (nSPS) is 12.1. The van der Waals surface area contributed by atoms with Gasteiger partial charge in [-0.25, -0.2) is 19.0 Å². The Morgan fingerprint density at radius 2 is 2.05 bits per heavy atom. The van der Waals surface area contributed by atoms with Crippen molar-refractivity contribution in [2.75, 3.05) is 5.32 Å². The fourth-order valence-electron chi connectivity index (χ4n) is 2.15. The molecule has 6 heteroatoms. The van der Waals surface area contributed by atoms with Gasteiger partial charge in [-0.3, -0.25) is 0 Å². The van der Waals surface area contributed by atoms with Crippen molar-refractivity contribution in [1.82, 2.24) is 19.7 Å². The van der Waals surface area contributed by atoms with E-state index in [4.69, 9.17) is 0 Å². The first-order valence-corrected chi connectivity index (χ1v) is 6.56. The van der Waals surface area contributed by atoms with Crippen molar-refractivity contribution >= 4 is 5.69 Å². The molecule has 0 amide bonds. The van der Waals surface area contributed by atoms with Crippen LogP contribution in [0.2, 0.25) is 0 Å². The Kier molecular flexibility index (Phi) is 3.59. The van der Waals surface area contributed by atoms with Crippen LogP contribution in [-0.2, 0) is 0 Å². The Morgan fingerprint density at radius 1 is 1.19 bits per heavy atom. The summed E-state index contributed by atoms with van der Waals surface area (Å²) < 4.78 is 15.4. The van der Waals surface area contributed by atoms with Crippen LogP contribution in [0.5, 0.6) is 0 Å². The average molecular weight is 283 g/mol. The predicted octanol–water partition coefficient (Wildman–Crippen LogP) is 2.97. The summed E-state index contributed by atoms with van der Waals surface area (Å²) in [4.78, 5) is 8.21. The van der Waals surface area contributed by atoms with Crippen LogP contribution in [-0.4, -0.2) is 19.7 Å². The molecule has 0 radical (unpaired) electrons. The molecule has 0 aliphatic carbocycles. The lowest BCUT2D eigenvalue weighted by atomic mass is 10.1. The van der Waals surface area contributed by atoms with Gasteiger partial charge in [0.15, 0.2) is 5.82 Å². The van der Waals surface area contributed by atoms with Gasteiger partial charge in [0.2, 0.25) is 0 Å². The van der Waals surface area contributed by atoms with E-state index in [1.165, 1.54) is 12.4 Å². The fourth-order valence-corrected chi connectivity index (χ4v) is 2.15. The fraction of sp³-hybridized carbons (Fsp3) is 0.133. The molecule has 2 heterocycles. The van der Waals surface area contributed by atoms with Crippen LogP contribution in [0.3, 0.4) is 0 Å². The van der Waals surface area contributed by atoms with Gasteiger partial charge < -0.3 is 5.32 Å². The Balaban J connectivity index is 1.91. The molecule has 1 atom stereocenters. The van der Waals surface area contributed by atoms with E-state index in [2.05, 4.69) is 20.4 Å². The van der Waals surface area contributed by atoms with Crippen molar-refractivity contribution in [3.05, 3.63) is 66.6 Å². The van der Waals surface area contributed by atoms with E-state index in [1.54, 1.807) is 29.3 Å². The lowest BCUT2D eigenvalue weighted by Crippen LogP contribution is -2.12. The molecule has 3 aromatic rings. The van der Waals surface area contributed by atoms with E-state index in [9.17, 15) is 4.39 Å². The third kappa shape index (κ3) is 2.74. The molecule has 0 aliphatic heterocycles. The molecular weight excluding hydrogens is 269 g/mol. The molecule has 21 heavy (non-hydrogen) atoms. The van der Waals surface area contributed by atoms with Gasteiger partial charge in [0, 0.05) is 11.8 Å². The molecule has 0 fully saturated rings. The Bertz CT molecular complexity index is 726. The zero-order valence-corrected chi connectivity index (χ0v) is 11.4. The van der Waals surface area contributed by atoms with E-state index in [-0.39, 0.29) is 11.9 Å². The number of nitrogens with zero attached hydrogens (tertiary/aromatic N) is 4. The summed E-state index contributed by atoms with van der Waals surface area (Å²) in [7, 11) is 0. The molecule has 3 rings (SSSR count). The molecule has 1 aromatic carbocycles. The monoisotopic (exact) mass is 283 g/mol. The first-order valence-electron chi connectivity index (χ1n) is 6.56. The number of benzene rings is 1. The molecule has 0 saturated carbocycles. The molecule has 5 nitrogen and oxygen atoms in total. The molecule has 0 aliphatic rings. The second-order valence-corrected chi connectivity index (χ2v) is 4.60. The van der Waals surface area contributed by atoms with E-state index in [1.807, 2.05) is 25.1 Å². The van der Waals surface area contributed by atoms with E-state index >= 15 is 0 Å². The maximum atomic E-state index is 13.8. The molecule has 0 spiro atoms. The van der Waals surface area contributed by atoms with Crippen LogP contribution in [0.1, 0.15) is 18.5 Å². The van der Waals surface area contributed by atoms with Gasteiger partial charge in [-0.2, -0.15) is 5.10 Å². The number of hydrogen-bond donors (Lipinski definition) is 1. The van der Waals surface area contributed by atoms with Crippen LogP contribution in [0.15, 0.2) is 55.2 Å². The summed E-state index contributed by atoms with van der Waals surface area (Å²) in [5, 5.41) is 7.34. The third-order valence-electron chi connectivity index (χ3n) is 3.17. The summed E-state index contributed by atoms with van der Waals surface area (Å²) in [6.07, 6.45) is 4.69. The number of anilines is 1. The first-order chi connectivity index (χ1) is 10.3. The summed E-state index contributed by atoms with van der Waals surface area (Å²) in [5.74, 6) is 0.391. The summed E-state index contributed by atoms with van der Waals surface area (Å²) in [6.45, 7) is 1.90. The molecule has 0 bridgehead atoms. The molecule has 1 N–H and O–H groups in total. The minimum absolute atomic E-state index is 0.197. The van der Waals surface area contributed by atoms with Gasteiger partial charge in [-0.15, -0.1) is 0 Å². The minimum Gasteiger partial charge on any atom is -0.375 e. The van der Waals surface area contributed by atoms with E-state index in [0.717, 1.165) is 5.69 Å². The predicted molar refractivity (Wildman–Crippen MR) is 77.6 cm³/mol. The lowest BCUT2D eigenvalue weighted by Gasteiger charge is -2.18. The highest BCUT2D eigenvalue weighted by Gasteiger charge is 2.13. The zero-order chi connectivity index (χ0) is 14.7. The number of pyridine rings is 1. The van der Waals surface area contributed by atoms with E-state index < -0.39 is 0 Å². The molecule has 2 aromatic heterocycles. The van der Waals surface area contributed by atoms with Crippen LogP contribution < -0.4 is 5.32 Å². The van der Waals surface area contributed by atoms with Crippen molar-refractivity contribution < 1.29 is 4.39 Å². The highest BCUT2D eigenvalue weighted by atomic mass is 19.1. The maximum absolute atomic E-state index is 13.8. The summed E-state index contributed by atoms with van der Waals surface area (Å²) in [6, 6.07) is 10.2. The largest absolute Gasteiger partial charge is 0.375 e. The topological polar surface area (TPSA) is 55.6 Å². The van der Waals surface area contributed by atoms with Gasteiger partial charge in [0.1, 0.15) is 18.5 Å². The average Bonchev–Trinajstić information content (AvgIpc) is 3.02. The van der Waals surface area contributed by atoms with Crippen molar-refractivity contribution in [2.24, 2.45) is 0 Å². The van der Waals surface area contributed by atoms with Gasteiger partial charge >= 0.3 is 0 Å². The molecular formula is C15H14FN5. The van der Waals surface area contributed by atoms with E-state index in [0.29, 0.717) is 11.4 Å². The number of halogens is 1. The van der Waals surface area contributed by atoms with Gasteiger partial charge in [0.05, 0.1) is 11.7 Å². The van der Waals surface area contributed by atoms with Gasteiger partial charge in [-0.05, 0) is 25.1 Å². The quantitative estimate of drug-likeness (QED) is 0.799. The van der Waals surface area contributed by atoms with Gasteiger partial charge in [0.25, 0.3) is 0 Å². The van der Waals surface area contributed by atoms with Crippen molar-refractivity contribution in [2.45, 2.75) is 13.0 Å². The highest BCUT2D eigenvalue weighted by molar-refractivity contribution is 5.57. The first kappa shape index (κ1) is 13.2. The standard InChI is InChI=1S/C15H14FN5/c1-11(12-5-2-3-6-13(12)16)20-14-7-4-8-18-15(14)21-10-17-9-19-21/h2-11,20H,1H3. The lowest BCUT2D eigenvalue weighted by molar-refractivity contribution is 0.600. The van der Waals surface area contributed by atoms with Crippen LogP contribution in [0.4, 0.5) is 10.1 Å². The number of hydrogen-bond acceptors (Lipinski definition) is 4. The third-order valence-corrected chi connectivity index (χ3v) is 3.17. The van der Waals surface area contributed by atoms with Crippen LogP contribution in [0.25, 0.3) is 5.82 Å². The van der Waals surface area contributed by atoms with Crippen LogP contribution >= 0.6 is 0 Å². The Labute approximate surface area is 121 Å². The number of nitrogens with one attached hydrogen (secondary N) is 1. The zero-order valence-electron chi connectivity index (χ0n) is 11.4. The number of rotatable bonds is 4. The van der Waals surface area contributed by atoms with Crippen molar-refractivity contribution in [1.29, 1.82) is 0 Å². The maximum Gasteiger partial charge on any atom is 0.178 e. The SMILES string of the molecule is CC(Nc1cccnc1-n1cncn1)c1ccccc1F. The minimum atomic E-state index is -0.233. The summed E-state index contributed by atoms with van der Waals surface area (Å²) in [5.41, 5.74) is 1.37. The summed E-state index contributed by atoms with van der Waals surface area (Å²) >= 11 is 0. The van der Waals surface area contributed by atoms with Crippen molar-refractivity contribution in [3.8, 4) is 5.82 Å². The second kappa shape index (κ2) is 5.70. The second-order valence-electron chi connectivity index (χ2n) is 4.60. The molecule has 0 saturated heterocycles. The van der Waals surface area contributed by atoms with Crippen molar-refractivity contribution in [3.63, 3.8) is 0 Å². The number of aromatic nitrogens is 4.